The van der Waals surface area contributed by atoms with Gasteiger partial charge in [-0.2, -0.15) is 0 Å². The molecule has 0 atom stereocenters. The number of benzene rings is 17. The van der Waals surface area contributed by atoms with Crippen LogP contribution in [0.25, 0.3) is 161 Å². The zero-order chi connectivity index (χ0) is 73.3. The van der Waals surface area contributed by atoms with Crippen molar-refractivity contribution in [3.8, 4) is 67.0 Å². The van der Waals surface area contributed by atoms with Crippen molar-refractivity contribution < 1.29 is 9.13 Å². The monoisotopic (exact) mass is 1480 g/mol. The van der Waals surface area contributed by atoms with Gasteiger partial charge < -0.3 is 9.13 Å². The average molecular weight is 1480 g/mol. The number of hydrogen-bond acceptors (Lipinski definition) is 6. The molecule has 0 radical (unpaired) electrons. The average Bonchev–Trinajstić information content (AvgIpc) is 1.52. The van der Waals surface area contributed by atoms with Crippen molar-refractivity contribution in [2.75, 3.05) is 0 Å². The Labute approximate surface area is 644 Å². The molecule has 21 aromatic rings. The SMILES string of the molecule is O=P(c1ccccc1)(c1ccccc1)c1ccc(-c2cccc(-c3nc4ccc(-c5cc6ccccc6c6ccccc56)cc4c4c3sc3ccccc34)c2)cc1.O=P(c1ccccc1)(c1ccccc1)c1cccc(-c2ccc(-c3nc4ccc(-c5ccc6ccccc6c5)cc4c4c3sc3ccccc34)cc2)c1. The normalized spacial score (nSPS) is 11.9. The Morgan fingerprint density at radius 2 is 0.582 bits per heavy atom. The van der Waals surface area contributed by atoms with E-state index < -0.39 is 14.3 Å². The number of pyridine rings is 2. The van der Waals surface area contributed by atoms with E-state index in [0.29, 0.717) is 0 Å². The van der Waals surface area contributed by atoms with Gasteiger partial charge in [-0.3, -0.25) is 0 Å². The highest BCUT2D eigenvalue weighted by Crippen LogP contribution is 2.49. The van der Waals surface area contributed by atoms with E-state index in [2.05, 4.69) is 255 Å². The van der Waals surface area contributed by atoms with Gasteiger partial charge in [-0.15, -0.1) is 22.7 Å². The fourth-order valence-corrected chi connectivity index (χ4v) is 24.0. The molecule has 0 spiro atoms. The van der Waals surface area contributed by atoms with Crippen LogP contribution in [0, 0.1) is 0 Å². The third kappa shape index (κ3) is 11.7. The van der Waals surface area contributed by atoms with Gasteiger partial charge in [0.05, 0.1) is 31.8 Å². The van der Waals surface area contributed by atoms with E-state index in [1.165, 1.54) is 100 Å². The molecule has 0 saturated carbocycles. The van der Waals surface area contributed by atoms with Crippen molar-refractivity contribution in [1.82, 2.24) is 9.97 Å². The standard InChI is InChI=1S/C53H34NOPS.C49H32NOPS/c55-56(40-17-3-1-4-18-40,41-19-5-2-6-20-41)42-29-26-35(27-30-42)36-15-13-16-39(32-36)52-53-51(46-24-11-12-25-50(46)57-53)48-34-38(28-31-49(48)54-52)47-33-37-14-7-8-21-43(37)44-22-9-10-23-45(44)47;51-52(40-15-3-1-4-16-40,41-17-5-2-6-18-41)42-19-11-14-37(31-42)34-22-25-35(26-23-34)48-49-47(43-20-9-10-21-46(43)53-49)44-32-39(28-29-45(44)50-48)38-27-24-33-12-7-8-13-36(33)30-38/h1-34H;1-32H. The maximum Gasteiger partial charge on any atom is 0.171 e. The summed E-state index contributed by atoms with van der Waals surface area (Å²) in [5, 5.41) is 19.8. The minimum Gasteiger partial charge on any atom is -0.309 e. The lowest BCUT2D eigenvalue weighted by Gasteiger charge is -2.20. The maximum absolute atomic E-state index is 15.1. The molecular formula is C102H66N2O2P2S2. The second-order valence-corrected chi connectivity index (χ2v) is 35.7. The Balaban J connectivity index is 0.000000144. The number of hydrogen-bond donors (Lipinski definition) is 0. The van der Waals surface area contributed by atoms with Gasteiger partial charge in [0, 0.05) is 84.7 Å². The first-order valence-corrected chi connectivity index (χ1v) is 42.1. The lowest BCUT2D eigenvalue weighted by Crippen LogP contribution is -2.25. The Morgan fingerprint density at radius 3 is 1.16 bits per heavy atom. The zero-order valence-electron chi connectivity index (χ0n) is 59.5. The first-order valence-electron chi connectivity index (χ1n) is 37.0. The molecule has 17 aromatic carbocycles. The highest BCUT2D eigenvalue weighted by atomic mass is 32.1. The second-order valence-electron chi connectivity index (χ2n) is 28.1. The summed E-state index contributed by atoms with van der Waals surface area (Å²) in [6.45, 7) is 0. The first kappa shape index (κ1) is 66.7. The zero-order valence-corrected chi connectivity index (χ0v) is 62.9. The summed E-state index contributed by atoms with van der Waals surface area (Å²) in [4.78, 5) is 10.8. The number of aromatic nitrogens is 2. The van der Waals surface area contributed by atoms with Gasteiger partial charge in [0.1, 0.15) is 0 Å². The van der Waals surface area contributed by atoms with E-state index in [4.69, 9.17) is 9.97 Å². The summed E-state index contributed by atoms with van der Waals surface area (Å²) in [6.07, 6.45) is 0. The summed E-state index contributed by atoms with van der Waals surface area (Å²) in [7, 11) is -6.16. The lowest BCUT2D eigenvalue weighted by atomic mass is 9.92. The van der Waals surface area contributed by atoms with Crippen LogP contribution in [-0.4, -0.2) is 9.97 Å². The maximum atomic E-state index is 15.1. The molecule has 0 amide bonds. The Bertz CT molecular complexity index is 7180. The molecule has 4 aromatic heterocycles. The second kappa shape index (κ2) is 27.8. The third-order valence-corrected chi connectivity index (χ3v) is 30.1. The largest absolute Gasteiger partial charge is 0.309 e. The van der Waals surface area contributed by atoms with Crippen molar-refractivity contribution in [2.24, 2.45) is 0 Å². The van der Waals surface area contributed by atoms with Crippen LogP contribution in [0.15, 0.2) is 400 Å². The van der Waals surface area contributed by atoms with Crippen molar-refractivity contribution >= 4 is 163 Å². The molecule has 4 nitrogen and oxygen atoms in total. The van der Waals surface area contributed by atoms with Crippen LogP contribution in [0.2, 0.25) is 0 Å². The molecular weight excluding hydrogens is 1410 g/mol. The minimum atomic E-state index is -3.09. The molecule has 0 saturated heterocycles. The van der Waals surface area contributed by atoms with Gasteiger partial charge in [0.2, 0.25) is 0 Å². The Hall–Kier alpha value is -12.8. The van der Waals surface area contributed by atoms with E-state index in [-0.39, 0.29) is 0 Å². The minimum absolute atomic E-state index is 0.819. The fourth-order valence-electron chi connectivity index (χ4n) is 16.2. The van der Waals surface area contributed by atoms with E-state index in [9.17, 15) is 0 Å². The van der Waals surface area contributed by atoms with Crippen LogP contribution < -0.4 is 31.8 Å². The molecule has 0 aliphatic carbocycles. The van der Waals surface area contributed by atoms with Crippen LogP contribution in [-0.2, 0) is 9.13 Å². The fraction of sp³-hybridized carbons (Fsp3) is 0. The van der Waals surface area contributed by atoms with Gasteiger partial charge in [0.15, 0.2) is 14.3 Å². The summed E-state index contributed by atoms with van der Waals surface area (Å²) in [5.74, 6) is 0. The van der Waals surface area contributed by atoms with Crippen molar-refractivity contribution in [1.29, 1.82) is 0 Å². The molecule has 0 aliphatic rings. The van der Waals surface area contributed by atoms with Crippen molar-refractivity contribution in [3.63, 3.8) is 0 Å². The number of rotatable bonds is 12. The topological polar surface area (TPSA) is 59.9 Å². The molecule has 0 fully saturated rings. The van der Waals surface area contributed by atoms with E-state index >= 15 is 9.13 Å². The molecule has 110 heavy (non-hydrogen) atoms. The van der Waals surface area contributed by atoms with Gasteiger partial charge in [-0.25, -0.2) is 9.97 Å². The predicted molar refractivity (Wildman–Crippen MR) is 473 cm³/mol. The molecule has 8 heteroatoms. The van der Waals surface area contributed by atoms with Crippen LogP contribution in [0.5, 0.6) is 0 Å². The first-order chi connectivity index (χ1) is 54.3. The van der Waals surface area contributed by atoms with E-state index in [1.807, 2.05) is 168 Å². The Morgan fingerprint density at radius 1 is 0.209 bits per heavy atom. The predicted octanol–water partition coefficient (Wildman–Crippen LogP) is 25.9. The number of thiophene rings is 2. The highest BCUT2D eigenvalue weighted by molar-refractivity contribution is 7.85. The molecule has 518 valence electrons. The lowest BCUT2D eigenvalue weighted by molar-refractivity contribution is 0.591. The van der Waals surface area contributed by atoms with Gasteiger partial charge in [-0.05, 0) is 137 Å². The smallest absolute Gasteiger partial charge is 0.171 e. The van der Waals surface area contributed by atoms with Crippen molar-refractivity contribution in [3.05, 3.63) is 400 Å². The molecule has 0 bridgehead atoms. The van der Waals surface area contributed by atoms with E-state index in [1.54, 1.807) is 0 Å². The Kier molecular flexibility index (Phi) is 16.8. The van der Waals surface area contributed by atoms with Gasteiger partial charge in [-0.1, -0.05) is 340 Å². The third-order valence-electron chi connectivity index (χ3n) is 21.7. The van der Waals surface area contributed by atoms with Crippen LogP contribution >= 0.6 is 37.0 Å². The summed E-state index contributed by atoms with van der Waals surface area (Å²) < 4.78 is 35.0. The molecule has 4 heterocycles. The summed E-state index contributed by atoms with van der Waals surface area (Å²) in [6, 6.07) is 139. The molecule has 0 aliphatic heterocycles. The quantitative estimate of drug-likeness (QED) is 0.0903. The number of fused-ring (bicyclic) bond motifs is 14. The summed E-state index contributed by atoms with van der Waals surface area (Å²) >= 11 is 3.62. The highest BCUT2D eigenvalue weighted by Gasteiger charge is 2.32. The van der Waals surface area contributed by atoms with Crippen LogP contribution in [0.4, 0.5) is 0 Å². The molecule has 21 rings (SSSR count). The number of nitrogens with zero attached hydrogens (tertiary/aromatic N) is 2. The molecule has 0 N–H and O–H groups in total. The molecule has 0 unspecified atom stereocenters. The van der Waals surface area contributed by atoms with Crippen molar-refractivity contribution in [2.45, 2.75) is 0 Å². The van der Waals surface area contributed by atoms with Gasteiger partial charge >= 0.3 is 0 Å². The summed E-state index contributed by atoms with van der Waals surface area (Å²) in [5.41, 5.74) is 15.1. The van der Waals surface area contributed by atoms with E-state index in [0.717, 1.165) is 93.0 Å². The van der Waals surface area contributed by atoms with Crippen LogP contribution in [0.3, 0.4) is 0 Å². The van der Waals surface area contributed by atoms with Gasteiger partial charge in [0.25, 0.3) is 0 Å². The van der Waals surface area contributed by atoms with Crippen LogP contribution in [0.1, 0.15) is 0 Å².